The van der Waals surface area contributed by atoms with Crippen LogP contribution in [0.25, 0.3) is 44.7 Å². The van der Waals surface area contributed by atoms with Gasteiger partial charge in [0.05, 0.1) is 47.1 Å². The van der Waals surface area contributed by atoms with E-state index >= 15 is 0 Å². The number of nitrogens with zero attached hydrogens (tertiary/aromatic N) is 5. The van der Waals surface area contributed by atoms with Crippen molar-refractivity contribution in [1.29, 1.82) is 0 Å². The monoisotopic (exact) mass is 865 g/mol. The van der Waals surface area contributed by atoms with Crippen LogP contribution in [-0.4, -0.2) is 94.8 Å². The first-order valence-electron chi connectivity index (χ1n) is 22.3. The highest BCUT2D eigenvalue weighted by molar-refractivity contribution is 5.93. The maximum absolute atomic E-state index is 13.7. The molecule has 15 nitrogen and oxygen atoms in total. The fourth-order valence-electron chi connectivity index (χ4n) is 9.63. The highest BCUT2D eigenvalue weighted by Gasteiger charge is 2.39. The summed E-state index contributed by atoms with van der Waals surface area (Å²) in [6.45, 7) is 9.56. The van der Waals surface area contributed by atoms with Gasteiger partial charge in [0.2, 0.25) is 29.9 Å². The number of aromatic nitrogens is 5. The van der Waals surface area contributed by atoms with Crippen LogP contribution in [0.1, 0.15) is 95.8 Å². The Morgan fingerprint density at radius 1 is 0.766 bits per heavy atom. The molecule has 4 amide bonds. The minimum absolute atomic E-state index is 0.0561. The predicted molar refractivity (Wildman–Crippen MR) is 241 cm³/mol. The van der Waals surface area contributed by atoms with Crippen molar-refractivity contribution in [2.24, 2.45) is 11.8 Å². The summed E-state index contributed by atoms with van der Waals surface area (Å²) in [6.07, 6.45) is 6.35. The van der Waals surface area contributed by atoms with Gasteiger partial charge in [-0.1, -0.05) is 70.2 Å². The fourth-order valence-corrected chi connectivity index (χ4v) is 9.63. The molecule has 15 heteroatoms. The number of aliphatic hydroxyl groups excluding tert-OH is 1. The first-order valence-corrected chi connectivity index (χ1v) is 22.3. The van der Waals surface area contributed by atoms with Crippen molar-refractivity contribution in [2.75, 3.05) is 19.7 Å². The molecule has 2 saturated heterocycles. The van der Waals surface area contributed by atoms with Crippen LogP contribution < -0.4 is 15.4 Å². The minimum Gasteiger partial charge on any atom is -0.465 e. The highest BCUT2D eigenvalue weighted by Crippen LogP contribution is 2.46. The van der Waals surface area contributed by atoms with Crippen LogP contribution in [0.4, 0.5) is 0 Å². The second-order valence-corrected chi connectivity index (χ2v) is 17.9. The van der Waals surface area contributed by atoms with E-state index in [1.54, 1.807) is 4.90 Å². The number of carbonyl (C=O) groups excluding carboxylic acids is 4. The summed E-state index contributed by atoms with van der Waals surface area (Å²) in [5.74, 6) is 0.848. The van der Waals surface area contributed by atoms with Crippen molar-refractivity contribution in [1.82, 2.24) is 44.9 Å². The molecule has 3 aliphatic rings. The SMILES string of the molecule is CC(=O)NC(C(=O)N1CCCC1c1ncc(-c2ccc3c(c2)OC(c2ccccc2)n2c-3cc3cc(-c4cnc([C@@H]5CCCN5C(=O)[C@@H](NC(=O)CO)C(C)C)[nH]4)ccc32)[nH]1)C(C)C. The molecule has 0 saturated carbocycles. The highest BCUT2D eigenvalue weighted by atomic mass is 16.5. The summed E-state index contributed by atoms with van der Waals surface area (Å²) in [5, 5.41) is 15.9. The molecule has 9 rings (SSSR count). The van der Waals surface area contributed by atoms with Gasteiger partial charge in [-0.2, -0.15) is 0 Å². The van der Waals surface area contributed by atoms with Crippen LogP contribution in [0.2, 0.25) is 0 Å². The Balaban J connectivity index is 1.01. The average Bonchev–Trinajstić information content (AvgIpc) is 4.15. The topological polar surface area (TPSA) is 191 Å². The van der Waals surface area contributed by atoms with Gasteiger partial charge in [0.1, 0.15) is 36.1 Å². The molecule has 0 radical (unpaired) electrons. The lowest BCUT2D eigenvalue weighted by Crippen LogP contribution is -2.51. The second-order valence-electron chi connectivity index (χ2n) is 17.9. The molecule has 332 valence electrons. The third-order valence-corrected chi connectivity index (χ3v) is 12.9. The Hall–Kier alpha value is -6.74. The van der Waals surface area contributed by atoms with Crippen molar-refractivity contribution >= 4 is 34.5 Å². The van der Waals surface area contributed by atoms with Crippen LogP contribution in [0.5, 0.6) is 5.75 Å². The summed E-state index contributed by atoms with van der Waals surface area (Å²) >= 11 is 0. The zero-order valence-corrected chi connectivity index (χ0v) is 36.8. The number of imidazole rings is 2. The third-order valence-electron chi connectivity index (χ3n) is 12.9. The predicted octanol–water partition coefficient (Wildman–Crippen LogP) is 6.65. The number of H-pyrrole nitrogens is 2. The lowest BCUT2D eigenvalue weighted by atomic mass is 10.0. The smallest absolute Gasteiger partial charge is 0.246 e. The number of carbonyl (C=O) groups is 4. The molecule has 64 heavy (non-hydrogen) atoms. The molecule has 0 bridgehead atoms. The lowest BCUT2D eigenvalue weighted by Gasteiger charge is -2.30. The Bertz CT molecular complexity index is 2720. The average molecular weight is 866 g/mol. The Labute approximate surface area is 371 Å². The standard InChI is InChI=1S/C49H55N9O6/c1-27(2)43(52-29(5)60)47(62)56-19-9-13-38(56)46-51-25-36(54-46)32-15-17-34-40-22-33-21-31(16-18-37(33)58(40)49(64-41(34)23-32)30-11-7-6-8-12-30)35-24-50-45(53-35)39-14-10-20-57(39)48(63)44(28(3)4)55-42(61)26-59/h6-8,11-12,15-18,21-25,27-28,38-39,43-44,49,59H,9-10,13-14,19-20,26H2,1-5H3,(H,50,53)(H,51,54)(H,52,60)(H,55,61)/t38?,39-,43?,44-,49?/m0/s1. The lowest BCUT2D eigenvalue weighted by molar-refractivity contribution is -0.139. The van der Waals surface area contributed by atoms with Crippen LogP contribution in [0.15, 0.2) is 85.2 Å². The van der Waals surface area contributed by atoms with E-state index in [0.717, 1.165) is 81.7 Å². The van der Waals surface area contributed by atoms with E-state index in [0.29, 0.717) is 24.7 Å². The molecule has 3 aliphatic heterocycles. The molecule has 3 aromatic heterocycles. The van der Waals surface area contributed by atoms with E-state index in [1.165, 1.54) is 6.92 Å². The second kappa shape index (κ2) is 17.4. The van der Waals surface area contributed by atoms with Crippen LogP contribution in [0, 0.1) is 11.8 Å². The van der Waals surface area contributed by atoms with Crippen LogP contribution >= 0.6 is 0 Å². The van der Waals surface area contributed by atoms with E-state index in [-0.39, 0.29) is 41.6 Å². The number of hydrogen-bond acceptors (Lipinski definition) is 8. The molecule has 0 aliphatic carbocycles. The van der Waals surface area contributed by atoms with Crippen molar-refractivity contribution in [2.45, 2.75) is 90.7 Å². The maximum Gasteiger partial charge on any atom is 0.246 e. The largest absolute Gasteiger partial charge is 0.465 e. The normalized spacial score (nSPS) is 19.1. The number of benzene rings is 3. The molecule has 3 aromatic carbocycles. The minimum atomic E-state index is -0.746. The number of ether oxygens (including phenoxy) is 1. The molecule has 5 N–H and O–H groups in total. The molecule has 6 aromatic rings. The van der Waals surface area contributed by atoms with Gasteiger partial charge in [-0.3, -0.25) is 19.2 Å². The Morgan fingerprint density at radius 2 is 1.34 bits per heavy atom. The van der Waals surface area contributed by atoms with Crippen molar-refractivity contribution in [3.8, 4) is 39.5 Å². The van der Waals surface area contributed by atoms with E-state index in [1.807, 2.05) is 69.3 Å². The van der Waals surface area contributed by atoms with Crippen molar-refractivity contribution in [3.63, 3.8) is 0 Å². The van der Waals surface area contributed by atoms with Gasteiger partial charge in [0, 0.05) is 47.7 Å². The summed E-state index contributed by atoms with van der Waals surface area (Å²) < 4.78 is 9.17. The number of fused-ring (bicyclic) bond motifs is 5. The molecule has 0 spiro atoms. The summed E-state index contributed by atoms with van der Waals surface area (Å²) in [5.41, 5.74) is 7.45. The quantitative estimate of drug-likeness (QED) is 0.0904. The number of hydrogen-bond donors (Lipinski definition) is 5. The fraction of sp³-hybridized carbons (Fsp3) is 0.388. The van der Waals surface area contributed by atoms with Gasteiger partial charge in [0.15, 0.2) is 0 Å². The molecule has 6 heterocycles. The summed E-state index contributed by atoms with van der Waals surface area (Å²) in [6, 6.07) is 23.0. The number of amides is 4. The van der Waals surface area contributed by atoms with Crippen LogP contribution in [0.3, 0.4) is 0 Å². The third kappa shape index (κ3) is 7.93. The zero-order chi connectivity index (χ0) is 44.8. The zero-order valence-electron chi connectivity index (χ0n) is 36.8. The molecular formula is C49H55N9O6. The van der Waals surface area contributed by atoms with E-state index in [2.05, 4.69) is 73.7 Å². The number of nitrogens with one attached hydrogen (secondary N) is 4. The van der Waals surface area contributed by atoms with E-state index in [9.17, 15) is 24.3 Å². The van der Waals surface area contributed by atoms with Gasteiger partial charge in [-0.25, -0.2) is 9.97 Å². The van der Waals surface area contributed by atoms with Gasteiger partial charge < -0.3 is 44.8 Å². The Kier molecular flexibility index (Phi) is 11.6. The van der Waals surface area contributed by atoms with Crippen molar-refractivity contribution in [3.05, 3.63) is 102 Å². The number of aliphatic hydroxyl groups is 1. The molecule has 2 fully saturated rings. The van der Waals surface area contributed by atoms with Gasteiger partial charge in [0.25, 0.3) is 0 Å². The van der Waals surface area contributed by atoms with Gasteiger partial charge in [-0.05, 0) is 67.9 Å². The maximum atomic E-state index is 13.7. The van der Waals surface area contributed by atoms with Crippen LogP contribution in [-0.2, 0) is 19.2 Å². The van der Waals surface area contributed by atoms with E-state index in [4.69, 9.17) is 14.7 Å². The summed E-state index contributed by atoms with van der Waals surface area (Å²) in [7, 11) is 0. The van der Waals surface area contributed by atoms with Gasteiger partial charge in [-0.15, -0.1) is 0 Å². The van der Waals surface area contributed by atoms with Crippen molar-refractivity contribution < 1.29 is 29.0 Å². The molecule has 3 unspecified atom stereocenters. The molecular weight excluding hydrogens is 811 g/mol. The van der Waals surface area contributed by atoms with Gasteiger partial charge >= 0.3 is 0 Å². The first-order chi connectivity index (χ1) is 30.9. The Morgan fingerprint density at radius 3 is 1.92 bits per heavy atom. The molecule has 5 atom stereocenters. The summed E-state index contributed by atoms with van der Waals surface area (Å²) in [4.78, 5) is 71.7. The number of aromatic amines is 2. The first kappa shape index (κ1) is 42.6. The number of rotatable bonds is 12. The number of likely N-dealkylation sites (tertiary alicyclic amines) is 2. The van der Waals surface area contributed by atoms with E-state index < -0.39 is 30.8 Å².